The van der Waals surface area contributed by atoms with Crippen LogP contribution < -0.4 is 15.4 Å². The Morgan fingerprint density at radius 1 is 1.07 bits per heavy atom. The molecule has 4 heterocycles. The summed E-state index contributed by atoms with van der Waals surface area (Å²) in [5.74, 6) is 0.248. The molecule has 40 heavy (non-hydrogen) atoms. The van der Waals surface area contributed by atoms with Crippen LogP contribution in [0.15, 0.2) is 42.5 Å². The van der Waals surface area contributed by atoms with E-state index in [4.69, 9.17) is 31.8 Å². The summed E-state index contributed by atoms with van der Waals surface area (Å²) in [6, 6.07) is 14.1. The Bertz CT molecular complexity index is 1530. The maximum atomic E-state index is 12.0. The number of carbonyl (C=O) groups is 1. The predicted octanol–water partition coefficient (Wildman–Crippen LogP) is 3.53. The number of fused-ring (bicyclic) bond motifs is 3. The van der Waals surface area contributed by atoms with E-state index in [1.165, 1.54) is 5.69 Å². The molecule has 2 aromatic carbocycles. The number of H-pyrrole nitrogens is 1. The Balaban J connectivity index is 1.29. The first-order valence-corrected chi connectivity index (χ1v) is 14.2. The van der Waals surface area contributed by atoms with Crippen molar-refractivity contribution >= 4 is 45.1 Å². The number of piperazine rings is 1. The number of pyridine rings is 1. The number of amides is 1. The van der Waals surface area contributed by atoms with Gasteiger partial charge in [-0.3, -0.25) is 9.69 Å². The van der Waals surface area contributed by atoms with Gasteiger partial charge in [-0.1, -0.05) is 11.6 Å². The highest BCUT2D eigenvalue weighted by Gasteiger charge is 2.19. The van der Waals surface area contributed by atoms with Crippen molar-refractivity contribution in [1.82, 2.24) is 19.8 Å². The lowest BCUT2D eigenvalue weighted by Crippen LogP contribution is -2.44. The molecule has 2 saturated heterocycles. The number of primary amides is 1. The fraction of sp³-hybridized carbons (Fsp3) is 0.400. The van der Waals surface area contributed by atoms with Crippen molar-refractivity contribution in [2.45, 2.75) is 6.42 Å². The van der Waals surface area contributed by atoms with Crippen LogP contribution in [0.1, 0.15) is 5.56 Å². The third-order valence-electron chi connectivity index (χ3n) is 7.85. The zero-order valence-corrected chi connectivity index (χ0v) is 23.5. The standard InChI is InChI=1S/C30H35ClN6O3/c1-35-6-8-37(9-7-35)22-3-4-23-26(19-22)34-29-21(18-28(32)38)17-25(33-30(23)29)20-2-5-27(24(31)16-20)40-15-12-36-10-13-39-14-11-36/h2-5,16-17,19,34H,6-15,18H2,1H3,(H2,32,38). The van der Waals surface area contributed by atoms with E-state index >= 15 is 0 Å². The molecule has 3 N–H and O–H groups in total. The van der Waals surface area contributed by atoms with Gasteiger partial charge in [-0.2, -0.15) is 0 Å². The lowest BCUT2D eigenvalue weighted by molar-refractivity contribution is -0.117. The largest absolute Gasteiger partial charge is 0.491 e. The van der Waals surface area contributed by atoms with E-state index in [2.05, 4.69) is 44.9 Å². The molecule has 2 aromatic heterocycles. The van der Waals surface area contributed by atoms with Crippen LogP contribution in [0.5, 0.6) is 5.75 Å². The SMILES string of the molecule is CN1CCN(c2ccc3c(c2)[nH]c2c(CC(N)=O)cc(-c4ccc(OCCN5CCOCC5)c(Cl)c4)nc23)CC1. The van der Waals surface area contributed by atoms with E-state index in [1.807, 2.05) is 24.3 Å². The Morgan fingerprint density at radius 3 is 2.62 bits per heavy atom. The van der Waals surface area contributed by atoms with E-state index in [9.17, 15) is 4.79 Å². The number of hydrogen-bond donors (Lipinski definition) is 2. The average molecular weight is 563 g/mol. The van der Waals surface area contributed by atoms with Gasteiger partial charge in [0.05, 0.1) is 46.9 Å². The molecule has 0 atom stereocenters. The smallest absolute Gasteiger partial charge is 0.221 e. The van der Waals surface area contributed by atoms with Crippen molar-refractivity contribution in [3.8, 4) is 17.0 Å². The van der Waals surface area contributed by atoms with Crippen molar-refractivity contribution < 1.29 is 14.3 Å². The van der Waals surface area contributed by atoms with Crippen molar-refractivity contribution in [3.63, 3.8) is 0 Å². The van der Waals surface area contributed by atoms with Crippen molar-refractivity contribution in [2.75, 3.05) is 77.6 Å². The fourth-order valence-corrected chi connectivity index (χ4v) is 5.77. The molecular weight excluding hydrogens is 528 g/mol. The zero-order chi connectivity index (χ0) is 27.6. The summed E-state index contributed by atoms with van der Waals surface area (Å²) in [5.41, 5.74) is 11.9. The summed E-state index contributed by atoms with van der Waals surface area (Å²) < 4.78 is 11.4. The summed E-state index contributed by atoms with van der Waals surface area (Å²) in [6.07, 6.45) is 0.112. The van der Waals surface area contributed by atoms with Gasteiger partial charge in [-0.25, -0.2) is 4.98 Å². The Morgan fingerprint density at radius 2 is 1.88 bits per heavy atom. The van der Waals surface area contributed by atoms with E-state index in [0.717, 1.165) is 97.8 Å². The molecule has 0 saturated carbocycles. The van der Waals surface area contributed by atoms with Gasteiger partial charge in [0.15, 0.2) is 0 Å². The normalized spacial score (nSPS) is 17.1. The Labute approximate surface area is 238 Å². The topological polar surface area (TPSA) is 100.0 Å². The minimum absolute atomic E-state index is 0.112. The summed E-state index contributed by atoms with van der Waals surface area (Å²) in [4.78, 5) is 27.6. The van der Waals surface area contributed by atoms with Crippen LogP contribution in [0.2, 0.25) is 5.02 Å². The molecule has 210 valence electrons. The van der Waals surface area contributed by atoms with E-state index in [0.29, 0.717) is 17.4 Å². The van der Waals surface area contributed by atoms with E-state index in [1.54, 1.807) is 0 Å². The van der Waals surface area contributed by atoms with Gasteiger partial charge in [0.2, 0.25) is 5.91 Å². The van der Waals surface area contributed by atoms with Gasteiger partial charge in [0.1, 0.15) is 12.4 Å². The molecule has 6 rings (SSSR count). The van der Waals surface area contributed by atoms with Crippen molar-refractivity contribution in [1.29, 1.82) is 0 Å². The number of nitrogens with zero attached hydrogens (tertiary/aromatic N) is 4. The third-order valence-corrected chi connectivity index (χ3v) is 8.14. The molecule has 0 aliphatic carbocycles. The van der Waals surface area contributed by atoms with Crippen LogP contribution in [0.25, 0.3) is 33.2 Å². The number of halogens is 1. The number of benzene rings is 2. The number of hydrogen-bond acceptors (Lipinski definition) is 7. The summed E-state index contributed by atoms with van der Waals surface area (Å²) >= 11 is 6.64. The number of nitrogens with two attached hydrogens (primary N) is 1. The second-order valence-electron chi connectivity index (χ2n) is 10.6. The number of anilines is 1. The van der Waals surface area contributed by atoms with Crippen LogP contribution in [-0.4, -0.2) is 98.4 Å². The predicted molar refractivity (Wildman–Crippen MR) is 159 cm³/mol. The Kier molecular flexibility index (Phi) is 7.80. The van der Waals surface area contributed by atoms with Crippen LogP contribution in [0, 0.1) is 0 Å². The van der Waals surface area contributed by atoms with Gasteiger partial charge in [0.25, 0.3) is 0 Å². The number of ether oxygens (including phenoxy) is 2. The highest BCUT2D eigenvalue weighted by molar-refractivity contribution is 6.32. The minimum Gasteiger partial charge on any atom is -0.491 e. The molecule has 0 radical (unpaired) electrons. The highest BCUT2D eigenvalue weighted by atomic mass is 35.5. The summed E-state index contributed by atoms with van der Waals surface area (Å²) in [6.45, 7) is 8.81. The van der Waals surface area contributed by atoms with Gasteiger partial charge in [-0.15, -0.1) is 0 Å². The number of aromatic nitrogens is 2. The van der Waals surface area contributed by atoms with Crippen molar-refractivity contribution in [3.05, 3.63) is 53.1 Å². The lowest BCUT2D eigenvalue weighted by Gasteiger charge is -2.34. The fourth-order valence-electron chi connectivity index (χ4n) is 5.53. The molecule has 1 amide bonds. The summed E-state index contributed by atoms with van der Waals surface area (Å²) in [7, 11) is 2.15. The number of aromatic amines is 1. The Hall–Kier alpha value is -3.37. The number of likely N-dealkylation sites (N-methyl/N-ethyl adjacent to an activating group) is 1. The third kappa shape index (κ3) is 5.74. The average Bonchev–Trinajstić information content (AvgIpc) is 3.33. The number of morpholine rings is 1. The lowest BCUT2D eigenvalue weighted by atomic mass is 10.0. The van der Waals surface area contributed by atoms with Gasteiger partial charge in [0, 0.05) is 62.5 Å². The van der Waals surface area contributed by atoms with Crippen molar-refractivity contribution in [2.24, 2.45) is 5.73 Å². The molecule has 2 fully saturated rings. The molecule has 2 aliphatic heterocycles. The van der Waals surface area contributed by atoms with E-state index in [-0.39, 0.29) is 6.42 Å². The molecule has 0 bridgehead atoms. The molecular formula is C30H35ClN6O3. The van der Waals surface area contributed by atoms with Crippen LogP contribution in [-0.2, 0) is 16.0 Å². The molecule has 4 aromatic rings. The zero-order valence-electron chi connectivity index (χ0n) is 22.8. The maximum absolute atomic E-state index is 12.0. The first-order chi connectivity index (χ1) is 19.4. The summed E-state index contributed by atoms with van der Waals surface area (Å²) in [5, 5.41) is 1.53. The monoisotopic (exact) mass is 562 g/mol. The van der Waals surface area contributed by atoms with Crippen LogP contribution >= 0.6 is 11.6 Å². The number of rotatable bonds is 8. The maximum Gasteiger partial charge on any atom is 0.221 e. The highest BCUT2D eigenvalue weighted by Crippen LogP contribution is 2.35. The minimum atomic E-state index is -0.391. The second kappa shape index (κ2) is 11.6. The molecule has 9 nitrogen and oxygen atoms in total. The number of carbonyl (C=O) groups excluding carboxylic acids is 1. The van der Waals surface area contributed by atoms with E-state index < -0.39 is 5.91 Å². The molecule has 10 heteroatoms. The first kappa shape index (κ1) is 26.8. The first-order valence-electron chi connectivity index (χ1n) is 13.8. The number of nitrogens with one attached hydrogen (secondary N) is 1. The quantitative estimate of drug-likeness (QED) is 0.339. The second-order valence-corrected chi connectivity index (χ2v) is 11.0. The van der Waals surface area contributed by atoms with Gasteiger partial charge < -0.3 is 30.0 Å². The van der Waals surface area contributed by atoms with Crippen LogP contribution in [0.3, 0.4) is 0 Å². The van der Waals surface area contributed by atoms with Crippen LogP contribution in [0.4, 0.5) is 5.69 Å². The van der Waals surface area contributed by atoms with Gasteiger partial charge in [-0.05, 0) is 55.1 Å². The molecule has 0 spiro atoms. The molecule has 0 unspecified atom stereocenters. The van der Waals surface area contributed by atoms with Gasteiger partial charge >= 0.3 is 0 Å². The molecule has 2 aliphatic rings.